The Morgan fingerprint density at radius 3 is 2.62 bits per heavy atom. The second kappa shape index (κ2) is 12.0. The predicted molar refractivity (Wildman–Crippen MR) is 145 cm³/mol. The molecule has 0 bridgehead atoms. The van der Waals surface area contributed by atoms with Gasteiger partial charge in [0.1, 0.15) is 6.54 Å². The quantitative estimate of drug-likeness (QED) is 0.359. The first-order valence-electron chi connectivity index (χ1n) is 12.2. The Bertz CT molecular complexity index is 1220. The van der Waals surface area contributed by atoms with Gasteiger partial charge in [0.05, 0.1) is 12.6 Å². The Balaban J connectivity index is 1.33. The number of hydrogen-bond donors (Lipinski definition) is 1. The maximum atomic E-state index is 13.7. The van der Waals surface area contributed by atoms with Crippen LogP contribution < -0.4 is 14.8 Å². The number of thiophene rings is 1. The van der Waals surface area contributed by atoms with Crippen LogP contribution in [0.4, 0.5) is 10.5 Å². The second-order valence-electron chi connectivity index (χ2n) is 8.97. The van der Waals surface area contributed by atoms with Crippen LogP contribution in [-0.4, -0.2) is 54.3 Å². The van der Waals surface area contributed by atoms with Crippen LogP contribution in [0.1, 0.15) is 23.3 Å². The third-order valence-electron chi connectivity index (χ3n) is 6.25. The van der Waals surface area contributed by atoms with E-state index in [1.165, 1.54) is 0 Å². The van der Waals surface area contributed by atoms with Crippen molar-refractivity contribution < 1.29 is 23.8 Å². The zero-order chi connectivity index (χ0) is 25.6. The zero-order valence-electron chi connectivity index (χ0n) is 20.2. The molecule has 2 aromatic carbocycles. The molecule has 1 unspecified atom stereocenters. The minimum atomic E-state index is -0.328. The highest BCUT2D eigenvalue weighted by atomic mass is 79.9. The first kappa shape index (κ1) is 25.6. The molecule has 194 valence electrons. The van der Waals surface area contributed by atoms with Gasteiger partial charge < -0.3 is 29.3 Å². The number of urea groups is 1. The van der Waals surface area contributed by atoms with E-state index in [0.717, 1.165) is 27.8 Å². The lowest BCUT2D eigenvalue weighted by Crippen LogP contribution is -2.46. The van der Waals surface area contributed by atoms with E-state index in [9.17, 15) is 9.59 Å². The van der Waals surface area contributed by atoms with Gasteiger partial charge >= 0.3 is 6.03 Å². The van der Waals surface area contributed by atoms with Crippen LogP contribution in [0, 0.1) is 0 Å². The van der Waals surface area contributed by atoms with Crippen LogP contribution in [0.15, 0.2) is 64.5 Å². The lowest BCUT2D eigenvalue weighted by Gasteiger charge is -2.29. The largest absolute Gasteiger partial charge is 0.454 e. The number of carbonyl (C=O) groups is 2. The minimum Gasteiger partial charge on any atom is -0.454 e. The number of halogens is 1. The number of anilines is 1. The minimum absolute atomic E-state index is 0.0574. The molecule has 1 saturated heterocycles. The van der Waals surface area contributed by atoms with E-state index in [4.69, 9.17) is 14.2 Å². The van der Waals surface area contributed by atoms with Crippen LogP contribution in [0.5, 0.6) is 11.5 Å². The van der Waals surface area contributed by atoms with Crippen molar-refractivity contribution in [1.29, 1.82) is 0 Å². The number of rotatable bonds is 9. The van der Waals surface area contributed by atoms with E-state index >= 15 is 0 Å². The van der Waals surface area contributed by atoms with Crippen LogP contribution in [0.3, 0.4) is 0 Å². The molecule has 1 aromatic heterocycles. The van der Waals surface area contributed by atoms with Crippen LogP contribution in [0.25, 0.3) is 0 Å². The van der Waals surface area contributed by atoms with Crippen molar-refractivity contribution in [2.45, 2.75) is 32.0 Å². The number of benzene rings is 2. The summed E-state index contributed by atoms with van der Waals surface area (Å²) in [5, 5.41) is 4.92. The molecule has 0 aliphatic carbocycles. The van der Waals surface area contributed by atoms with Gasteiger partial charge in [-0.25, -0.2) is 4.79 Å². The highest BCUT2D eigenvalue weighted by Gasteiger charge is 2.27. The number of fused-ring (bicyclic) bond motifs is 1. The monoisotopic (exact) mass is 585 g/mol. The molecule has 2 aliphatic heterocycles. The molecule has 0 saturated carbocycles. The Labute approximate surface area is 228 Å². The molecule has 1 atom stereocenters. The average Bonchev–Trinajstić information content (AvgIpc) is 3.68. The molecule has 1 N–H and O–H groups in total. The lowest BCUT2D eigenvalue weighted by atomic mass is 10.1. The van der Waals surface area contributed by atoms with E-state index in [-0.39, 0.29) is 31.4 Å². The van der Waals surface area contributed by atoms with Crippen molar-refractivity contribution in [1.82, 2.24) is 9.80 Å². The number of hydrogen-bond acceptors (Lipinski definition) is 6. The lowest BCUT2D eigenvalue weighted by molar-refractivity contribution is -0.133. The van der Waals surface area contributed by atoms with E-state index in [1.54, 1.807) is 21.1 Å². The molecule has 0 spiro atoms. The second-order valence-corrected chi connectivity index (χ2v) is 10.9. The van der Waals surface area contributed by atoms with Crippen molar-refractivity contribution in [3.05, 3.63) is 74.9 Å². The van der Waals surface area contributed by atoms with Gasteiger partial charge in [0.2, 0.25) is 12.7 Å². The van der Waals surface area contributed by atoms with Crippen molar-refractivity contribution in [3.8, 4) is 11.5 Å². The highest BCUT2D eigenvalue weighted by Crippen LogP contribution is 2.33. The van der Waals surface area contributed by atoms with Gasteiger partial charge in [0.15, 0.2) is 11.5 Å². The van der Waals surface area contributed by atoms with Crippen molar-refractivity contribution in [2.24, 2.45) is 0 Å². The zero-order valence-corrected chi connectivity index (χ0v) is 22.6. The molecule has 3 amide bonds. The summed E-state index contributed by atoms with van der Waals surface area (Å²) in [5.41, 5.74) is 1.59. The number of nitrogens with zero attached hydrogens (tertiary/aromatic N) is 2. The van der Waals surface area contributed by atoms with Gasteiger partial charge in [-0.05, 0) is 66.2 Å². The predicted octanol–water partition coefficient (Wildman–Crippen LogP) is 5.48. The van der Waals surface area contributed by atoms with Gasteiger partial charge in [-0.3, -0.25) is 4.79 Å². The topological polar surface area (TPSA) is 80.3 Å². The standard InChI is InChI=1S/C27H28BrN3O5S/c28-20-6-8-21(9-7-20)29-27(33)31(15-22-3-1-11-34-22)17-26(32)30(16-23-4-2-12-37-23)14-19-5-10-24-25(13-19)36-18-35-24/h2,4-10,12-13,22H,1,3,11,14-18H2,(H,29,33). The summed E-state index contributed by atoms with van der Waals surface area (Å²) >= 11 is 5.01. The average molecular weight is 587 g/mol. The maximum absolute atomic E-state index is 13.7. The Morgan fingerprint density at radius 1 is 1.03 bits per heavy atom. The van der Waals surface area contributed by atoms with Gasteiger partial charge in [-0.15, -0.1) is 11.3 Å². The molecule has 5 rings (SSSR count). The molecule has 1 fully saturated rings. The summed E-state index contributed by atoms with van der Waals surface area (Å²) in [7, 11) is 0. The third-order valence-corrected chi connectivity index (χ3v) is 7.64. The molecule has 2 aliphatic rings. The highest BCUT2D eigenvalue weighted by molar-refractivity contribution is 9.10. The summed E-state index contributed by atoms with van der Waals surface area (Å²) in [6.45, 7) is 2.00. The fourth-order valence-electron chi connectivity index (χ4n) is 4.34. The van der Waals surface area contributed by atoms with E-state index < -0.39 is 0 Å². The van der Waals surface area contributed by atoms with Gasteiger partial charge in [0, 0.05) is 34.7 Å². The first-order chi connectivity index (χ1) is 18.0. The van der Waals surface area contributed by atoms with Crippen molar-refractivity contribution in [3.63, 3.8) is 0 Å². The fourth-order valence-corrected chi connectivity index (χ4v) is 5.32. The number of carbonyl (C=O) groups excluding carboxylic acids is 2. The van der Waals surface area contributed by atoms with Crippen molar-refractivity contribution >= 4 is 44.9 Å². The fraction of sp³-hybridized carbons (Fsp3) is 0.333. The summed E-state index contributed by atoms with van der Waals surface area (Å²) in [6.07, 6.45) is 1.74. The summed E-state index contributed by atoms with van der Waals surface area (Å²) in [4.78, 5) is 31.4. The molecule has 37 heavy (non-hydrogen) atoms. The molecule has 8 nitrogen and oxygen atoms in total. The van der Waals surface area contributed by atoms with Crippen LogP contribution >= 0.6 is 27.3 Å². The van der Waals surface area contributed by atoms with E-state index in [0.29, 0.717) is 43.4 Å². The maximum Gasteiger partial charge on any atom is 0.322 e. The summed E-state index contributed by atoms with van der Waals surface area (Å²) < 4.78 is 17.7. The molecule has 0 radical (unpaired) electrons. The summed E-state index contributed by atoms with van der Waals surface area (Å²) in [6, 6.07) is 16.7. The number of nitrogens with one attached hydrogen (secondary N) is 1. The van der Waals surface area contributed by atoms with Gasteiger partial charge in [-0.1, -0.05) is 28.1 Å². The SMILES string of the molecule is O=C(CN(CC1CCCO1)C(=O)Nc1ccc(Br)cc1)N(Cc1ccc2c(c1)OCO2)Cc1cccs1. The van der Waals surface area contributed by atoms with Crippen LogP contribution in [-0.2, 0) is 22.6 Å². The Hall–Kier alpha value is -3.08. The smallest absolute Gasteiger partial charge is 0.322 e. The molecular formula is C27H28BrN3O5S. The normalized spacial score (nSPS) is 16.0. The third kappa shape index (κ3) is 6.82. The number of amides is 3. The molecular weight excluding hydrogens is 558 g/mol. The first-order valence-corrected chi connectivity index (χ1v) is 13.8. The van der Waals surface area contributed by atoms with Crippen molar-refractivity contribution in [2.75, 3.05) is 31.8 Å². The van der Waals surface area contributed by atoms with E-state index in [1.807, 2.05) is 60.0 Å². The molecule has 3 aromatic rings. The molecule has 3 heterocycles. The van der Waals surface area contributed by atoms with Crippen LogP contribution in [0.2, 0.25) is 0 Å². The van der Waals surface area contributed by atoms with Gasteiger partial charge in [-0.2, -0.15) is 0 Å². The number of ether oxygens (including phenoxy) is 3. The van der Waals surface area contributed by atoms with Gasteiger partial charge in [0.25, 0.3) is 0 Å². The van der Waals surface area contributed by atoms with E-state index in [2.05, 4.69) is 21.2 Å². The molecule has 10 heteroatoms. The Kier molecular flexibility index (Phi) is 8.28. The summed E-state index contributed by atoms with van der Waals surface area (Å²) in [5.74, 6) is 1.23. The Morgan fingerprint density at radius 2 is 1.86 bits per heavy atom.